The Bertz CT molecular complexity index is 468. The summed E-state index contributed by atoms with van der Waals surface area (Å²) in [6.07, 6.45) is -1.72. The second kappa shape index (κ2) is 6.89. The number of carbonyl (C=O) groups is 1. The first kappa shape index (κ1) is 15.8. The van der Waals surface area contributed by atoms with E-state index < -0.39 is 12.2 Å². The van der Waals surface area contributed by atoms with Gasteiger partial charge in [-0.1, -0.05) is 19.1 Å². The number of aliphatic hydroxyl groups is 2. The molecule has 0 radical (unpaired) electrons. The maximum Gasteiger partial charge on any atom is 0.322 e. The van der Waals surface area contributed by atoms with Crippen LogP contribution in [-0.4, -0.2) is 53.0 Å². The SMILES string of the molecule is CCNC(C)c1ccc(NC(=O)N2CC(O)C(O)C2)cc1. The summed E-state index contributed by atoms with van der Waals surface area (Å²) in [5.74, 6) is 0. The van der Waals surface area contributed by atoms with Crippen LogP contribution in [-0.2, 0) is 0 Å². The van der Waals surface area contributed by atoms with Crippen LogP contribution in [0.15, 0.2) is 24.3 Å². The number of benzene rings is 1. The lowest BCUT2D eigenvalue weighted by atomic mass is 10.1. The number of anilines is 1. The van der Waals surface area contributed by atoms with Gasteiger partial charge in [0.15, 0.2) is 0 Å². The van der Waals surface area contributed by atoms with Gasteiger partial charge in [0.2, 0.25) is 0 Å². The van der Waals surface area contributed by atoms with E-state index in [1.165, 1.54) is 4.90 Å². The summed E-state index contributed by atoms with van der Waals surface area (Å²) in [6.45, 7) is 5.36. The molecule has 1 fully saturated rings. The van der Waals surface area contributed by atoms with Gasteiger partial charge in [-0.05, 0) is 31.2 Å². The minimum Gasteiger partial charge on any atom is -0.388 e. The molecular weight excluding hydrogens is 270 g/mol. The molecule has 2 amide bonds. The van der Waals surface area contributed by atoms with Crippen LogP contribution in [0.4, 0.5) is 10.5 Å². The van der Waals surface area contributed by atoms with E-state index in [4.69, 9.17) is 0 Å². The predicted octanol–water partition coefficient (Wildman–Crippen LogP) is 0.926. The molecular formula is C15H23N3O3. The number of hydrogen-bond donors (Lipinski definition) is 4. The fourth-order valence-electron chi connectivity index (χ4n) is 2.42. The van der Waals surface area contributed by atoms with Crippen molar-refractivity contribution in [3.8, 4) is 0 Å². The molecule has 1 heterocycles. The van der Waals surface area contributed by atoms with Crippen molar-refractivity contribution in [3.05, 3.63) is 29.8 Å². The molecule has 0 spiro atoms. The quantitative estimate of drug-likeness (QED) is 0.665. The molecule has 4 N–H and O–H groups in total. The molecule has 6 nitrogen and oxygen atoms in total. The van der Waals surface area contributed by atoms with E-state index in [1.807, 2.05) is 24.3 Å². The first-order chi connectivity index (χ1) is 10.0. The predicted molar refractivity (Wildman–Crippen MR) is 81.1 cm³/mol. The van der Waals surface area contributed by atoms with Crippen molar-refractivity contribution < 1.29 is 15.0 Å². The molecule has 1 aromatic carbocycles. The van der Waals surface area contributed by atoms with Crippen LogP contribution in [0, 0.1) is 0 Å². The molecule has 0 aromatic heterocycles. The molecule has 0 saturated carbocycles. The van der Waals surface area contributed by atoms with Crippen LogP contribution < -0.4 is 10.6 Å². The van der Waals surface area contributed by atoms with Crippen molar-refractivity contribution in [2.45, 2.75) is 32.1 Å². The van der Waals surface area contributed by atoms with E-state index in [-0.39, 0.29) is 25.2 Å². The molecule has 1 saturated heterocycles. The second-order valence-corrected chi connectivity index (χ2v) is 5.37. The highest BCUT2D eigenvalue weighted by Gasteiger charge is 2.32. The first-order valence-corrected chi connectivity index (χ1v) is 7.26. The second-order valence-electron chi connectivity index (χ2n) is 5.37. The monoisotopic (exact) mass is 293 g/mol. The summed E-state index contributed by atoms with van der Waals surface area (Å²) in [5, 5.41) is 25.0. The van der Waals surface area contributed by atoms with Crippen LogP contribution in [0.5, 0.6) is 0 Å². The Morgan fingerprint density at radius 3 is 2.38 bits per heavy atom. The summed E-state index contributed by atoms with van der Waals surface area (Å²) >= 11 is 0. The van der Waals surface area contributed by atoms with Crippen LogP contribution in [0.1, 0.15) is 25.5 Å². The van der Waals surface area contributed by atoms with Gasteiger partial charge in [-0.25, -0.2) is 4.79 Å². The highest BCUT2D eigenvalue weighted by Crippen LogP contribution is 2.17. The number of amides is 2. The van der Waals surface area contributed by atoms with Gasteiger partial charge in [-0.15, -0.1) is 0 Å². The fourth-order valence-corrected chi connectivity index (χ4v) is 2.42. The molecule has 1 aliphatic rings. The number of carbonyl (C=O) groups excluding carboxylic acids is 1. The highest BCUT2D eigenvalue weighted by atomic mass is 16.3. The number of β-amino-alcohol motifs (C(OH)–C–C–N with tert-alkyl or cyclic N) is 2. The number of hydrogen-bond acceptors (Lipinski definition) is 4. The van der Waals surface area contributed by atoms with Crippen molar-refractivity contribution >= 4 is 11.7 Å². The zero-order valence-electron chi connectivity index (χ0n) is 12.4. The largest absolute Gasteiger partial charge is 0.388 e. The first-order valence-electron chi connectivity index (χ1n) is 7.26. The van der Waals surface area contributed by atoms with Crippen LogP contribution in [0.25, 0.3) is 0 Å². The van der Waals surface area contributed by atoms with Gasteiger partial charge >= 0.3 is 6.03 Å². The van der Waals surface area contributed by atoms with Crippen LogP contribution in [0.3, 0.4) is 0 Å². The summed E-state index contributed by atoms with van der Waals surface area (Å²) in [7, 11) is 0. The molecule has 1 aliphatic heterocycles. The van der Waals surface area contributed by atoms with Gasteiger partial charge in [0, 0.05) is 11.7 Å². The van der Waals surface area contributed by atoms with E-state index in [2.05, 4.69) is 24.5 Å². The van der Waals surface area contributed by atoms with Crippen molar-refractivity contribution in [3.63, 3.8) is 0 Å². The standard InChI is InChI=1S/C15H23N3O3/c1-3-16-10(2)11-4-6-12(7-5-11)17-15(21)18-8-13(19)14(20)9-18/h4-7,10,13-14,16,19-20H,3,8-9H2,1-2H3,(H,17,21). The third kappa shape index (κ3) is 3.93. The Kier molecular flexibility index (Phi) is 5.17. The minimum atomic E-state index is -0.862. The number of rotatable bonds is 4. The van der Waals surface area contributed by atoms with E-state index in [0.717, 1.165) is 12.1 Å². The van der Waals surface area contributed by atoms with E-state index in [9.17, 15) is 15.0 Å². The lowest BCUT2D eigenvalue weighted by molar-refractivity contribution is 0.0572. The minimum absolute atomic E-state index is 0.155. The average molecular weight is 293 g/mol. The van der Waals surface area contributed by atoms with Crippen molar-refractivity contribution in [2.24, 2.45) is 0 Å². The zero-order valence-corrected chi connectivity index (χ0v) is 12.4. The molecule has 0 bridgehead atoms. The molecule has 3 atom stereocenters. The van der Waals surface area contributed by atoms with E-state index in [1.54, 1.807) is 0 Å². The summed E-state index contributed by atoms with van der Waals surface area (Å²) in [5.41, 5.74) is 1.85. The third-order valence-electron chi connectivity index (χ3n) is 3.72. The van der Waals surface area contributed by atoms with Gasteiger partial charge in [0.25, 0.3) is 0 Å². The van der Waals surface area contributed by atoms with Gasteiger partial charge in [-0.2, -0.15) is 0 Å². The Labute approximate surface area is 124 Å². The number of urea groups is 1. The third-order valence-corrected chi connectivity index (χ3v) is 3.72. The molecule has 21 heavy (non-hydrogen) atoms. The number of likely N-dealkylation sites (tertiary alicyclic amines) is 1. The van der Waals surface area contributed by atoms with Gasteiger partial charge in [-0.3, -0.25) is 0 Å². The molecule has 1 aromatic rings. The summed E-state index contributed by atoms with van der Waals surface area (Å²) in [6, 6.07) is 7.60. The fraction of sp³-hybridized carbons (Fsp3) is 0.533. The summed E-state index contributed by atoms with van der Waals surface area (Å²) in [4.78, 5) is 13.4. The van der Waals surface area contributed by atoms with Crippen molar-refractivity contribution in [1.82, 2.24) is 10.2 Å². The molecule has 0 aliphatic carbocycles. The van der Waals surface area contributed by atoms with E-state index >= 15 is 0 Å². The number of nitrogens with zero attached hydrogens (tertiary/aromatic N) is 1. The van der Waals surface area contributed by atoms with E-state index in [0.29, 0.717) is 5.69 Å². The maximum atomic E-state index is 12.0. The molecule has 2 rings (SSSR count). The molecule has 116 valence electrons. The maximum absolute atomic E-state index is 12.0. The topological polar surface area (TPSA) is 84.8 Å². The Balaban J connectivity index is 1.93. The lowest BCUT2D eigenvalue weighted by Gasteiger charge is -2.17. The normalized spacial score (nSPS) is 23.1. The smallest absolute Gasteiger partial charge is 0.322 e. The highest BCUT2D eigenvalue weighted by molar-refractivity contribution is 5.89. The summed E-state index contributed by atoms with van der Waals surface area (Å²) < 4.78 is 0. The Morgan fingerprint density at radius 1 is 1.29 bits per heavy atom. The molecule has 3 unspecified atom stereocenters. The van der Waals surface area contributed by atoms with Crippen molar-refractivity contribution in [1.29, 1.82) is 0 Å². The Morgan fingerprint density at radius 2 is 1.86 bits per heavy atom. The van der Waals surface area contributed by atoms with Gasteiger partial charge in [0.1, 0.15) is 0 Å². The number of nitrogens with one attached hydrogen (secondary N) is 2. The van der Waals surface area contributed by atoms with Crippen molar-refractivity contribution in [2.75, 3.05) is 25.0 Å². The molecule has 6 heteroatoms. The van der Waals surface area contributed by atoms with Crippen LogP contribution >= 0.6 is 0 Å². The Hall–Kier alpha value is -1.63. The number of aliphatic hydroxyl groups excluding tert-OH is 2. The zero-order chi connectivity index (χ0) is 15.4. The lowest BCUT2D eigenvalue weighted by Crippen LogP contribution is -2.33. The average Bonchev–Trinajstić information content (AvgIpc) is 2.80. The van der Waals surface area contributed by atoms with Gasteiger partial charge < -0.3 is 25.7 Å². The van der Waals surface area contributed by atoms with Crippen LogP contribution in [0.2, 0.25) is 0 Å². The van der Waals surface area contributed by atoms with Gasteiger partial charge in [0.05, 0.1) is 25.3 Å².